The average molecular weight is 402 g/mol. The molecular formula is C24H27N5O. The van der Waals surface area contributed by atoms with Crippen molar-refractivity contribution in [2.75, 3.05) is 13.6 Å². The number of benzene rings is 2. The van der Waals surface area contributed by atoms with Crippen LogP contribution < -0.4 is 0 Å². The van der Waals surface area contributed by atoms with Gasteiger partial charge in [-0.25, -0.2) is 0 Å². The third-order valence-electron chi connectivity index (χ3n) is 5.48. The maximum absolute atomic E-state index is 12.8. The van der Waals surface area contributed by atoms with E-state index in [4.69, 9.17) is 0 Å². The molecular weight excluding hydrogens is 374 g/mol. The number of carbonyl (C=O) groups excluding carboxylic acids is 1. The van der Waals surface area contributed by atoms with Crippen molar-refractivity contribution >= 4 is 16.8 Å². The van der Waals surface area contributed by atoms with E-state index >= 15 is 0 Å². The van der Waals surface area contributed by atoms with Gasteiger partial charge in [-0.05, 0) is 42.8 Å². The van der Waals surface area contributed by atoms with E-state index in [9.17, 15) is 4.79 Å². The Balaban J connectivity index is 1.32. The van der Waals surface area contributed by atoms with Crippen LogP contribution >= 0.6 is 0 Å². The first-order valence-corrected chi connectivity index (χ1v) is 10.4. The number of fused-ring (bicyclic) bond motifs is 1. The fourth-order valence-corrected chi connectivity index (χ4v) is 3.79. The van der Waals surface area contributed by atoms with Gasteiger partial charge in [0.05, 0.1) is 6.20 Å². The summed E-state index contributed by atoms with van der Waals surface area (Å²) < 4.78 is 4.01. The third-order valence-corrected chi connectivity index (χ3v) is 5.48. The van der Waals surface area contributed by atoms with Gasteiger partial charge in [-0.15, -0.1) is 5.10 Å². The summed E-state index contributed by atoms with van der Waals surface area (Å²) in [5.74, 6) is -0.0987. The molecule has 0 saturated carbocycles. The number of aromatic nitrogens is 4. The van der Waals surface area contributed by atoms with Crippen molar-refractivity contribution in [3.63, 3.8) is 0 Å². The van der Waals surface area contributed by atoms with Crippen molar-refractivity contribution in [3.05, 3.63) is 83.8 Å². The molecule has 0 N–H and O–H groups in total. The molecule has 0 aliphatic carbocycles. The van der Waals surface area contributed by atoms with E-state index in [2.05, 4.69) is 64.3 Å². The number of rotatable bonds is 8. The molecule has 1 amide bonds. The van der Waals surface area contributed by atoms with Gasteiger partial charge < -0.3 is 9.47 Å². The van der Waals surface area contributed by atoms with E-state index in [-0.39, 0.29) is 5.91 Å². The van der Waals surface area contributed by atoms with Gasteiger partial charge in [0, 0.05) is 37.9 Å². The molecule has 0 fully saturated rings. The molecule has 0 bridgehead atoms. The van der Waals surface area contributed by atoms with Crippen molar-refractivity contribution in [1.29, 1.82) is 0 Å². The highest BCUT2D eigenvalue weighted by molar-refractivity contribution is 5.91. The Morgan fingerprint density at radius 1 is 1.03 bits per heavy atom. The van der Waals surface area contributed by atoms with Crippen molar-refractivity contribution in [2.45, 2.75) is 32.9 Å². The number of hydrogen-bond donors (Lipinski definition) is 0. The van der Waals surface area contributed by atoms with Crippen LogP contribution in [0.15, 0.2) is 66.9 Å². The van der Waals surface area contributed by atoms with Crippen LogP contribution in [0.4, 0.5) is 0 Å². The fourth-order valence-electron chi connectivity index (χ4n) is 3.79. The van der Waals surface area contributed by atoms with Gasteiger partial charge >= 0.3 is 0 Å². The molecule has 0 aliphatic heterocycles. The first kappa shape index (κ1) is 19.9. The summed E-state index contributed by atoms with van der Waals surface area (Å²) >= 11 is 0. The summed E-state index contributed by atoms with van der Waals surface area (Å²) in [6, 6.07) is 20.9. The zero-order valence-electron chi connectivity index (χ0n) is 17.5. The molecule has 4 aromatic rings. The topological polar surface area (TPSA) is 56.0 Å². The second-order valence-corrected chi connectivity index (χ2v) is 7.68. The minimum atomic E-state index is -0.0987. The molecule has 0 saturated heterocycles. The molecule has 0 aliphatic rings. The van der Waals surface area contributed by atoms with E-state index in [1.807, 2.05) is 25.2 Å². The Morgan fingerprint density at radius 2 is 1.80 bits per heavy atom. The number of nitrogens with zero attached hydrogens (tertiary/aromatic N) is 5. The molecule has 0 atom stereocenters. The molecule has 0 unspecified atom stereocenters. The van der Waals surface area contributed by atoms with Gasteiger partial charge in [0.2, 0.25) is 0 Å². The van der Waals surface area contributed by atoms with E-state index in [0.717, 1.165) is 25.9 Å². The maximum Gasteiger partial charge on any atom is 0.275 e. The predicted molar refractivity (Wildman–Crippen MR) is 118 cm³/mol. The number of para-hydroxylation sites is 1. The number of likely N-dealkylation sites (N-methyl/N-ethyl adjacent to an activating group) is 1. The number of carbonyl (C=O) groups is 1. The molecule has 30 heavy (non-hydrogen) atoms. The van der Waals surface area contributed by atoms with Gasteiger partial charge in [0.25, 0.3) is 5.91 Å². The smallest absolute Gasteiger partial charge is 0.275 e. The summed E-state index contributed by atoms with van der Waals surface area (Å²) in [6.45, 7) is 4.20. The standard InChI is InChI=1S/C24H27N5O/c1-19-17-21-12-6-7-13-23(21)29(19)16-15-27(2)24(30)22-18-28(26-25-22)14-8-11-20-9-4-3-5-10-20/h3-7,9-10,12-13,17-18H,8,11,14-16H2,1-2H3. The van der Waals surface area contributed by atoms with Crippen molar-refractivity contribution in [1.82, 2.24) is 24.5 Å². The molecule has 154 valence electrons. The van der Waals surface area contributed by atoms with Crippen molar-refractivity contribution in [3.8, 4) is 0 Å². The minimum absolute atomic E-state index is 0.0987. The van der Waals surface area contributed by atoms with Gasteiger partial charge in [0.1, 0.15) is 0 Å². The van der Waals surface area contributed by atoms with Gasteiger partial charge in [-0.2, -0.15) is 0 Å². The first-order valence-electron chi connectivity index (χ1n) is 10.4. The van der Waals surface area contributed by atoms with Crippen LogP contribution in [0.3, 0.4) is 0 Å². The number of aryl methyl sites for hydroxylation is 3. The highest BCUT2D eigenvalue weighted by atomic mass is 16.2. The van der Waals surface area contributed by atoms with Crippen LogP contribution in [0.1, 0.15) is 28.2 Å². The second-order valence-electron chi connectivity index (χ2n) is 7.68. The highest BCUT2D eigenvalue weighted by Crippen LogP contribution is 2.19. The monoisotopic (exact) mass is 401 g/mol. The lowest BCUT2D eigenvalue weighted by atomic mass is 10.1. The Morgan fingerprint density at radius 3 is 2.63 bits per heavy atom. The molecule has 0 radical (unpaired) electrons. The molecule has 2 aromatic carbocycles. The van der Waals surface area contributed by atoms with Crippen LogP contribution in [0.25, 0.3) is 10.9 Å². The number of hydrogen-bond acceptors (Lipinski definition) is 3. The van der Waals surface area contributed by atoms with Crippen LogP contribution in [0.2, 0.25) is 0 Å². The molecule has 6 nitrogen and oxygen atoms in total. The fraction of sp³-hybridized carbons (Fsp3) is 0.292. The first-order chi connectivity index (χ1) is 14.6. The summed E-state index contributed by atoms with van der Waals surface area (Å²) in [4.78, 5) is 14.5. The maximum atomic E-state index is 12.8. The zero-order valence-corrected chi connectivity index (χ0v) is 17.5. The Labute approximate surface area is 176 Å². The molecule has 2 heterocycles. The Kier molecular flexibility index (Phi) is 5.93. The van der Waals surface area contributed by atoms with Crippen molar-refractivity contribution < 1.29 is 4.79 Å². The minimum Gasteiger partial charge on any atom is -0.343 e. The summed E-state index contributed by atoms with van der Waals surface area (Å²) in [6.07, 6.45) is 3.69. The largest absolute Gasteiger partial charge is 0.343 e. The lowest BCUT2D eigenvalue weighted by Crippen LogP contribution is -2.30. The lowest BCUT2D eigenvalue weighted by molar-refractivity contribution is 0.0784. The zero-order chi connectivity index (χ0) is 20.9. The summed E-state index contributed by atoms with van der Waals surface area (Å²) in [5, 5.41) is 9.44. The van der Waals surface area contributed by atoms with E-state index < -0.39 is 0 Å². The molecule has 2 aromatic heterocycles. The second kappa shape index (κ2) is 8.95. The lowest BCUT2D eigenvalue weighted by Gasteiger charge is -2.17. The summed E-state index contributed by atoms with van der Waals surface area (Å²) in [7, 11) is 1.82. The van der Waals surface area contributed by atoms with Gasteiger partial charge in [0.15, 0.2) is 5.69 Å². The van der Waals surface area contributed by atoms with E-state index in [1.54, 1.807) is 15.8 Å². The molecule has 0 spiro atoms. The van der Waals surface area contributed by atoms with Crippen LogP contribution in [0, 0.1) is 6.92 Å². The SMILES string of the molecule is Cc1cc2ccccc2n1CCN(C)C(=O)c1cn(CCCc2ccccc2)nn1. The normalized spacial score (nSPS) is 11.1. The predicted octanol–water partition coefficient (Wildman–Crippen LogP) is 3.95. The molecule has 4 rings (SSSR count). The van der Waals surface area contributed by atoms with Crippen LogP contribution in [0.5, 0.6) is 0 Å². The van der Waals surface area contributed by atoms with Crippen LogP contribution in [-0.4, -0.2) is 44.0 Å². The number of amides is 1. The van der Waals surface area contributed by atoms with E-state index in [0.29, 0.717) is 12.2 Å². The van der Waals surface area contributed by atoms with E-state index in [1.165, 1.54) is 22.2 Å². The van der Waals surface area contributed by atoms with Crippen molar-refractivity contribution in [2.24, 2.45) is 0 Å². The van der Waals surface area contributed by atoms with Gasteiger partial charge in [-0.1, -0.05) is 53.7 Å². The Hall–Kier alpha value is -3.41. The Bertz CT molecular complexity index is 1130. The third kappa shape index (κ3) is 4.43. The average Bonchev–Trinajstić information content (AvgIpc) is 3.36. The summed E-state index contributed by atoms with van der Waals surface area (Å²) in [5.41, 5.74) is 4.09. The quantitative estimate of drug-likeness (QED) is 0.449. The highest BCUT2D eigenvalue weighted by Gasteiger charge is 2.16. The van der Waals surface area contributed by atoms with Crippen LogP contribution in [-0.2, 0) is 19.5 Å². The van der Waals surface area contributed by atoms with Gasteiger partial charge in [-0.3, -0.25) is 9.48 Å². The molecule has 6 heteroatoms.